The van der Waals surface area contributed by atoms with E-state index in [0.29, 0.717) is 6.04 Å². The first kappa shape index (κ1) is 14.1. The fourth-order valence-corrected chi connectivity index (χ4v) is 3.18. The predicted octanol–water partition coefficient (Wildman–Crippen LogP) is 2.42. The second kappa shape index (κ2) is 5.90. The van der Waals surface area contributed by atoms with Crippen LogP contribution in [0.5, 0.6) is 5.75 Å². The Hall–Kier alpha value is -1.81. The number of fused-ring (bicyclic) bond motifs is 1. The lowest BCUT2D eigenvalue weighted by Gasteiger charge is -2.28. The normalized spacial score (nSPS) is 17.6. The molecule has 3 rings (SSSR count). The molecule has 1 N–H and O–H groups in total. The van der Waals surface area contributed by atoms with E-state index in [4.69, 9.17) is 4.74 Å². The van der Waals surface area contributed by atoms with Crippen molar-refractivity contribution in [3.8, 4) is 5.75 Å². The summed E-state index contributed by atoms with van der Waals surface area (Å²) >= 11 is 0. The third-order valence-corrected chi connectivity index (χ3v) is 4.33. The van der Waals surface area contributed by atoms with Crippen LogP contribution in [-0.2, 0) is 26.3 Å². The highest BCUT2D eigenvalue weighted by Crippen LogP contribution is 2.32. The van der Waals surface area contributed by atoms with Gasteiger partial charge < -0.3 is 10.1 Å². The Morgan fingerprint density at radius 3 is 3.00 bits per heavy atom. The molecular formula is C17H23N3O. The molecule has 1 aromatic carbocycles. The summed E-state index contributed by atoms with van der Waals surface area (Å²) in [4.78, 5) is 0. The van der Waals surface area contributed by atoms with E-state index in [1.807, 2.05) is 11.7 Å². The van der Waals surface area contributed by atoms with Crippen molar-refractivity contribution < 1.29 is 4.74 Å². The van der Waals surface area contributed by atoms with E-state index in [2.05, 4.69) is 41.6 Å². The molecule has 0 saturated heterocycles. The number of hydrogen-bond acceptors (Lipinski definition) is 3. The Balaban J connectivity index is 1.90. The molecule has 1 atom stereocenters. The summed E-state index contributed by atoms with van der Waals surface area (Å²) in [6.45, 7) is 3.14. The highest BCUT2D eigenvalue weighted by atomic mass is 16.5. The zero-order valence-corrected chi connectivity index (χ0v) is 13.0. The number of aromatic nitrogens is 2. The molecule has 1 aromatic heterocycles. The van der Waals surface area contributed by atoms with Crippen LogP contribution in [0.25, 0.3) is 0 Å². The predicted molar refractivity (Wildman–Crippen MR) is 83.7 cm³/mol. The van der Waals surface area contributed by atoms with Gasteiger partial charge in [0.15, 0.2) is 0 Å². The molecule has 2 aromatic rings. The van der Waals surface area contributed by atoms with Crippen LogP contribution < -0.4 is 10.1 Å². The summed E-state index contributed by atoms with van der Waals surface area (Å²) in [7, 11) is 3.78. The quantitative estimate of drug-likeness (QED) is 0.937. The molecule has 0 saturated carbocycles. The topological polar surface area (TPSA) is 39.1 Å². The minimum absolute atomic E-state index is 0.337. The van der Waals surface area contributed by atoms with E-state index in [1.54, 1.807) is 7.11 Å². The summed E-state index contributed by atoms with van der Waals surface area (Å²) in [5.41, 5.74) is 5.15. The smallest absolute Gasteiger partial charge is 0.122 e. The van der Waals surface area contributed by atoms with Crippen LogP contribution in [0.15, 0.2) is 24.3 Å². The summed E-state index contributed by atoms with van der Waals surface area (Å²) < 4.78 is 7.52. The third kappa shape index (κ3) is 2.68. The summed E-state index contributed by atoms with van der Waals surface area (Å²) in [6.07, 6.45) is 2.97. The molecule has 0 radical (unpaired) electrons. The minimum atomic E-state index is 0.337. The molecule has 0 spiro atoms. The second-order valence-electron chi connectivity index (χ2n) is 5.59. The molecule has 0 aliphatic carbocycles. The summed E-state index contributed by atoms with van der Waals surface area (Å²) in [5.74, 6) is 1.01. The highest BCUT2D eigenvalue weighted by Gasteiger charge is 2.23. The fourth-order valence-electron chi connectivity index (χ4n) is 3.18. The zero-order valence-electron chi connectivity index (χ0n) is 13.0. The highest BCUT2D eigenvalue weighted by molar-refractivity contribution is 5.44. The van der Waals surface area contributed by atoms with Gasteiger partial charge in [-0.1, -0.05) is 19.1 Å². The van der Waals surface area contributed by atoms with E-state index < -0.39 is 0 Å². The Labute approximate surface area is 126 Å². The number of benzene rings is 1. The van der Waals surface area contributed by atoms with E-state index in [-0.39, 0.29) is 0 Å². The lowest BCUT2D eigenvalue weighted by Crippen LogP contribution is -2.31. The van der Waals surface area contributed by atoms with Crippen molar-refractivity contribution in [1.29, 1.82) is 0 Å². The zero-order chi connectivity index (χ0) is 14.8. The monoisotopic (exact) mass is 285 g/mol. The number of rotatable bonds is 4. The van der Waals surface area contributed by atoms with Gasteiger partial charge in [0.25, 0.3) is 0 Å². The molecule has 21 heavy (non-hydrogen) atoms. The van der Waals surface area contributed by atoms with Crippen molar-refractivity contribution in [3.05, 3.63) is 46.8 Å². The van der Waals surface area contributed by atoms with Gasteiger partial charge in [-0.25, -0.2) is 0 Å². The lowest BCUT2D eigenvalue weighted by molar-refractivity contribution is 0.399. The van der Waals surface area contributed by atoms with Gasteiger partial charge >= 0.3 is 0 Å². The Kier molecular flexibility index (Phi) is 3.97. The van der Waals surface area contributed by atoms with Crippen LogP contribution in [0.4, 0.5) is 0 Å². The largest absolute Gasteiger partial charge is 0.496 e. The molecule has 1 unspecified atom stereocenters. The molecule has 4 nitrogen and oxygen atoms in total. The lowest BCUT2D eigenvalue weighted by atomic mass is 9.91. The fraction of sp³-hybridized carbons (Fsp3) is 0.471. The molecule has 1 aliphatic heterocycles. The third-order valence-electron chi connectivity index (χ3n) is 4.33. The second-order valence-corrected chi connectivity index (χ2v) is 5.59. The number of nitrogens with zero attached hydrogens (tertiary/aromatic N) is 2. The van der Waals surface area contributed by atoms with Crippen molar-refractivity contribution in [1.82, 2.24) is 15.1 Å². The van der Waals surface area contributed by atoms with Crippen LogP contribution in [0.2, 0.25) is 0 Å². The van der Waals surface area contributed by atoms with Crippen molar-refractivity contribution in [3.63, 3.8) is 0 Å². The molecule has 0 bridgehead atoms. The average molecular weight is 285 g/mol. The van der Waals surface area contributed by atoms with Gasteiger partial charge in [0.2, 0.25) is 0 Å². The van der Waals surface area contributed by atoms with Gasteiger partial charge in [0, 0.05) is 30.8 Å². The summed E-state index contributed by atoms with van der Waals surface area (Å²) in [6, 6.07) is 8.91. The molecule has 1 aliphatic rings. The summed E-state index contributed by atoms with van der Waals surface area (Å²) in [5, 5.41) is 8.18. The van der Waals surface area contributed by atoms with Gasteiger partial charge in [-0.2, -0.15) is 5.10 Å². The van der Waals surface area contributed by atoms with Crippen LogP contribution in [0.1, 0.15) is 35.5 Å². The van der Waals surface area contributed by atoms with Gasteiger partial charge in [-0.3, -0.25) is 4.68 Å². The first-order valence-electron chi connectivity index (χ1n) is 7.64. The molecule has 0 fully saturated rings. The average Bonchev–Trinajstić information content (AvgIpc) is 2.87. The van der Waals surface area contributed by atoms with Crippen molar-refractivity contribution >= 4 is 0 Å². The van der Waals surface area contributed by atoms with E-state index >= 15 is 0 Å². The number of ether oxygens (including phenoxy) is 1. The van der Waals surface area contributed by atoms with Gasteiger partial charge in [-0.05, 0) is 37.1 Å². The van der Waals surface area contributed by atoms with E-state index in [1.165, 1.54) is 16.8 Å². The van der Waals surface area contributed by atoms with Crippen LogP contribution in [-0.4, -0.2) is 23.4 Å². The Morgan fingerprint density at radius 1 is 1.43 bits per heavy atom. The number of methoxy groups -OCH3 is 1. The van der Waals surface area contributed by atoms with Crippen molar-refractivity contribution in [2.45, 2.75) is 32.2 Å². The Bertz CT molecular complexity index is 633. The van der Waals surface area contributed by atoms with Crippen LogP contribution >= 0.6 is 0 Å². The van der Waals surface area contributed by atoms with Gasteiger partial charge in [-0.15, -0.1) is 0 Å². The van der Waals surface area contributed by atoms with E-state index in [9.17, 15) is 0 Å². The molecular weight excluding hydrogens is 262 g/mol. The molecule has 4 heteroatoms. The van der Waals surface area contributed by atoms with Gasteiger partial charge in [0.1, 0.15) is 5.75 Å². The number of nitrogens with one attached hydrogen (secondary N) is 1. The molecule has 2 heterocycles. The standard InChI is InChI=1S/C17H23N3O/c1-4-12-10-13(20(2)19-12)11-16-14-6-5-7-17(21-3)15(14)8-9-18-16/h5-7,10,16,18H,4,8-9,11H2,1-3H3. The van der Waals surface area contributed by atoms with Crippen LogP contribution in [0, 0.1) is 0 Å². The maximum Gasteiger partial charge on any atom is 0.122 e. The van der Waals surface area contributed by atoms with Gasteiger partial charge in [0.05, 0.1) is 12.8 Å². The molecule has 0 amide bonds. The number of aryl methyl sites for hydroxylation is 2. The van der Waals surface area contributed by atoms with Crippen molar-refractivity contribution in [2.24, 2.45) is 7.05 Å². The number of hydrogen-bond donors (Lipinski definition) is 1. The first-order chi connectivity index (χ1) is 10.2. The molecule has 112 valence electrons. The maximum atomic E-state index is 5.51. The SMILES string of the molecule is CCc1cc(CC2NCCc3c(OC)cccc32)n(C)n1. The van der Waals surface area contributed by atoms with E-state index in [0.717, 1.165) is 37.3 Å². The first-order valence-corrected chi connectivity index (χ1v) is 7.64. The van der Waals surface area contributed by atoms with Crippen molar-refractivity contribution in [2.75, 3.05) is 13.7 Å². The maximum absolute atomic E-state index is 5.51. The minimum Gasteiger partial charge on any atom is -0.496 e. The van der Waals surface area contributed by atoms with Crippen LogP contribution in [0.3, 0.4) is 0 Å². The Morgan fingerprint density at radius 2 is 2.29 bits per heavy atom.